The Bertz CT molecular complexity index is 677. The lowest BCUT2D eigenvalue weighted by molar-refractivity contribution is -0.150. The molecule has 1 unspecified atom stereocenters. The molecule has 4 saturated carbocycles. The van der Waals surface area contributed by atoms with Crippen molar-refractivity contribution >= 4 is 22.6 Å². The van der Waals surface area contributed by atoms with Crippen LogP contribution in [0, 0.1) is 21.5 Å². The summed E-state index contributed by atoms with van der Waals surface area (Å²) >= 11 is 2.38. The maximum absolute atomic E-state index is 5.46. The van der Waals surface area contributed by atoms with E-state index in [9.17, 15) is 0 Å². The Kier molecular flexibility index (Phi) is 2.25. The molecular formula is C17H22IN3O. The zero-order valence-corrected chi connectivity index (χ0v) is 15.3. The average Bonchev–Trinajstić information content (AvgIpc) is 3.02. The molecule has 6 aliphatic rings. The van der Waals surface area contributed by atoms with Gasteiger partial charge < -0.3 is 4.74 Å². The third kappa shape index (κ3) is 1.20. The fourth-order valence-corrected chi connectivity index (χ4v) is 7.03. The number of nitrogens with zero attached hydrogens (tertiary/aromatic N) is 3. The molecule has 6 fully saturated rings. The van der Waals surface area contributed by atoms with Gasteiger partial charge in [-0.2, -0.15) is 5.10 Å². The zero-order chi connectivity index (χ0) is 14.9. The molecule has 2 aliphatic heterocycles. The Balaban J connectivity index is 1.37. The van der Waals surface area contributed by atoms with Gasteiger partial charge in [-0.15, -0.1) is 0 Å². The molecule has 1 spiro atoms. The van der Waals surface area contributed by atoms with E-state index in [1.54, 1.807) is 5.69 Å². The molecule has 4 aliphatic carbocycles. The van der Waals surface area contributed by atoms with Crippen LogP contribution < -0.4 is 0 Å². The van der Waals surface area contributed by atoms with Gasteiger partial charge in [0.2, 0.25) is 0 Å². The van der Waals surface area contributed by atoms with Crippen LogP contribution in [0.5, 0.6) is 0 Å². The fraction of sp³-hybridized carbons (Fsp3) is 0.824. The lowest BCUT2D eigenvalue weighted by Gasteiger charge is -2.57. The normalized spacial score (nSPS) is 48.5. The van der Waals surface area contributed by atoms with Gasteiger partial charge in [0.1, 0.15) is 3.70 Å². The molecule has 0 N–H and O–H groups in total. The van der Waals surface area contributed by atoms with Crippen LogP contribution in [0.25, 0.3) is 0 Å². The molecule has 2 bridgehead atoms. The molecule has 1 aromatic heterocycles. The van der Waals surface area contributed by atoms with Crippen molar-refractivity contribution in [1.82, 2.24) is 14.7 Å². The molecule has 5 atom stereocenters. The Morgan fingerprint density at radius 3 is 2.77 bits per heavy atom. The smallest absolute Gasteiger partial charge is 0.123 e. The van der Waals surface area contributed by atoms with Crippen molar-refractivity contribution in [2.24, 2.45) is 17.8 Å². The van der Waals surface area contributed by atoms with Crippen molar-refractivity contribution in [3.05, 3.63) is 15.5 Å². The van der Waals surface area contributed by atoms with E-state index < -0.39 is 0 Å². The predicted molar refractivity (Wildman–Crippen MR) is 90.8 cm³/mol. The number of ether oxygens (including phenoxy) is 1. The van der Waals surface area contributed by atoms with Crippen LogP contribution >= 0.6 is 22.6 Å². The molecule has 4 nitrogen and oxygen atoms in total. The minimum atomic E-state index is 0.475. The van der Waals surface area contributed by atoms with Crippen LogP contribution in [0.15, 0.2) is 6.07 Å². The highest BCUT2D eigenvalue weighted by Gasteiger charge is 2.98. The van der Waals surface area contributed by atoms with Crippen LogP contribution in [0.3, 0.4) is 0 Å². The van der Waals surface area contributed by atoms with Crippen LogP contribution in [0.2, 0.25) is 0 Å². The molecular weight excluding hydrogens is 389 g/mol. The molecule has 0 radical (unpaired) electrons. The van der Waals surface area contributed by atoms with Crippen LogP contribution in [0.1, 0.15) is 38.4 Å². The second-order valence-electron chi connectivity index (χ2n) is 8.38. The Morgan fingerprint density at radius 1 is 1.41 bits per heavy atom. The number of hydrogen-bond donors (Lipinski definition) is 0. The van der Waals surface area contributed by atoms with Crippen molar-refractivity contribution in [2.45, 2.75) is 49.7 Å². The van der Waals surface area contributed by atoms with E-state index in [-0.39, 0.29) is 0 Å². The number of hydrogen-bond acceptors (Lipinski definition) is 3. The number of halogens is 1. The summed E-state index contributed by atoms with van der Waals surface area (Å²) in [5, 5.41) is 4.78. The molecule has 0 aromatic carbocycles. The van der Waals surface area contributed by atoms with E-state index in [0.717, 1.165) is 37.0 Å². The highest BCUT2D eigenvalue weighted by Crippen LogP contribution is 2.95. The summed E-state index contributed by atoms with van der Waals surface area (Å²) in [7, 11) is 0. The highest BCUT2D eigenvalue weighted by molar-refractivity contribution is 14.1. The molecule has 5 heteroatoms. The molecule has 0 amide bonds. The molecule has 22 heavy (non-hydrogen) atoms. The SMILES string of the molecule is CC(C)n1nc(I)cc1[C@@]12C3[C@H]1[C@H]2C[C@@]31CCN1C1COC1. The predicted octanol–water partition coefficient (Wildman–Crippen LogP) is 2.43. The maximum Gasteiger partial charge on any atom is 0.123 e. The minimum absolute atomic E-state index is 0.475. The third-order valence-corrected chi connectivity index (χ3v) is 7.99. The van der Waals surface area contributed by atoms with E-state index in [0.29, 0.717) is 17.0 Å². The van der Waals surface area contributed by atoms with Crippen LogP contribution in [0.4, 0.5) is 0 Å². The van der Waals surface area contributed by atoms with Crippen LogP contribution in [-0.4, -0.2) is 46.0 Å². The molecule has 3 heterocycles. The first-order chi connectivity index (χ1) is 10.6. The highest BCUT2D eigenvalue weighted by atomic mass is 127. The van der Waals surface area contributed by atoms with E-state index in [4.69, 9.17) is 9.84 Å². The largest absolute Gasteiger partial charge is 0.378 e. The Hall–Kier alpha value is -0.140. The van der Waals surface area contributed by atoms with Crippen molar-refractivity contribution in [3.63, 3.8) is 0 Å². The topological polar surface area (TPSA) is 30.3 Å². The summed E-state index contributed by atoms with van der Waals surface area (Å²) in [4.78, 5) is 2.82. The second-order valence-corrected chi connectivity index (χ2v) is 9.48. The van der Waals surface area contributed by atoms with E-state index in [2.05, 4.69) is 52.1 Å². The van der Waals surface area contributed by atoms with Gasteiger partial charge in [0, 0.05) is 29.2 Å². The van der Waals surface area contributed by atoms with Gasteiger partial charge in [-0.05, 0) is 73.1 Å². The lowest BCUT2D eigenvalue weighted by atomic mass is 9.79. The fourth-order valence-electron chi connectivity index (χ4n) is 6.51. The average molecular weight is 411 g/mol. The summed E-state index contributed by atoms with van der Waals surface area (Å²) in [5.74, 6) is 2.84. The molecule has 7 rings (SSSR count). The van der Waals surface area contributed by atoms with Gasteiger partial charge in [0.15, 0.2) is 0 Å². The quantitative estimate of drug-likeness (QED) is 0.716. The number of aromatic nitrogens is 2. The van der Waals surface area contributed by atoms with E-state index >= 15 is 0 Å². The summed E-state index contributed by atoms with van der Waals surface area (Å²) in [6.07, 6.45) is 2.87. The summed E-state index contributed by atoms with van der Waals surface area (Å²) in [6, 6.07) is 3.57. The molecule has 2 saturated heterocycles. The molecule has 1 aromatic rings. The second kappa shape index (κ2) is 3.75. The first kappa shape index (κ1) is 13.2. The van der Waals surface area contributed by atoms with Gasteiger partial charge in [-0.25, -0.2) is 0 Å². The van der Waals surface area contributed by atoms with Gasteiger partial charge in [0.05, 0.1) is 19.3 Å². The van der Waals surface area contributed by atoms with Gasteiger partial charge in [-0.3, -0.25) is 9.58 Å². The van der Waals surface area contributed by atoms with Crippen molar-refractivity contribution < 1.29 is 4.74 Å². The first-order valence-electron chi connectivity index (χ1n) is 8.71. The summed E-state index contributed by atoms with van der Waals surface area (Å²) in [6.45, 7) is 7.78. The van der Waals surface area contributed by atoms with E-state index in [1.165, 1.54) is 23.1 Å². The summed E-state index contributed by atoms with van der Waals surface area (Å²) in [5.41, 5.74) is 2.62. The number of rotatable bonds is 3. The minimum Gasteiger partial charge on any atom is -0.378 e. The van der Waals surface area contributed by atoms with E-state index in [1.807, 2.05) is 0 Å². The zero-order valence-electron chi connectivity index (χ0n) is 13.1. The van der Waals surface area contributed by atoms with Gasteiger partial charge >= 0.3 is 0 Å². The Labute approximate surface area is 144 Å². The lowest BCUT2D eigenvalue weighted by Crippen LogP contribution is -2.68. The van der Waals surface area contributed by atoms with Crippen molar-refractivity contribution in [3.8, 4) is 0 Å². The first-order valence-corrected chi connectivity index (χ1v) is 9.78. The van der Waals surface area contributed by atoms with Crippen LogP contribution in [-0.2, 0) is 10.2 Å². The summed E-state index contributed by atoms with van der Waals surface area (Å²) < 4.78 is 8.95. The standard InChI is InChI=1S/C17H22IN3O/c1-9(2)21-12(5-13(18)19-21)17-11-6-16(15(17)14(11)17)3-4-20(16)10-7-22-8-10/h5,9-11,14-15H,3-4,6-8H2,1-2H3/t11-,14-,15?,16+,17-/m1/s1. The third-order valence-electron chi connectivity index (χ3n) is 7.46. The van der Waals surface area contributed by atoms with Gasteiger partial charge in [0.25, 0.3) is 0 Å². The number of likely N-dealkylation sites (tertiary alicyclic amines) is 1. The molecule has 118 valence electrons. The van der Waals surface area contributed by atoms with Gasteiger partial charge in [-0.1, -0.05) is 0 Å². The Morgan fingerprint density at radius 2 is 2.23 bits per heavy atom. The van der Waals surface area contributed by atoms with Crippen molar-refractivity contribution in [1.29, 1.82) is 0 Å². The maximum atomic E-state index is 5.46. The van der Waals surface area contributed by atoms with Crippen molar-refractivity contribution in [2.75, 3.05) is 19.8 Å². The monoisotopic (exact) mass is 411 g/mol.